The summed E-state index contributed by atoms with van der Waals surface area (Å²) >= 11 is 0. The molecule has 16 heavy (non-hydrogen) atoms. The number of aryl methyl sites for hydroxylation is 2. The SMILES string of the molecule is CNCC(c1nc(C)[nH]c1C)N1CCCC1. The molecule has 1 atom stereocenters. The number of likely N-dealkylation sites (N-methyl/N-ethyl adjacent to an activating group) is 1. The van der Waals surface area contributed by atoms with Crippen molar-refractivity contribution in [1.29, 1.82) is 0 Å². The first-order valence-corrected chi connectivity index (χ1v) is 6.14. The largest absolute Gasteiger partial charge is 0.346 e. The molecular formula is C12H22N4. The maximum absolute atomic E-state index is 4.64. The van der Waals surface area contributed by atoms with E-state index in [4.69, 9.17) is 0 Å². The summed E-state index contributed by atoms with van der Waals surface area (Å²) in [5, 5.41) is 3.28. The fourth-order valence-corrected chi connectivity index (χ4v) is 2.60. The van der Waals surface area contributed by atoms with Gasteiger partial charge < -0.3 is 10.3 Å². The molecule has 0 saturated carbocycles. The highest BCUT2D eigenvalue weighted by Gasteiger charge is 2.26. The molecule has 1 aliphatic heterocycles. The lowest BCUT2D eigenvalue weighted by Gasteiger charge is -2.26. The Bertz CT molecular complexity index is 339. The molecule has 0 radical (unpaired) electrons. The molecule has 0 bridgehead atoms. The second-order valence-corrected chi connectivity index (χ2v) is 4.65. The summed E-state index contributed by atoms with van der Waals surface area (Å²) in [5.41, 5.74) is 2.43. The molecule has 1 saturated heterocycles. The molecule has 1 unspecified atom stereocenters. The van der Waals surface area contributed by atoms with Crippen molar-refractivity contribution in [1.82, 2.24) is 20.2 Å². The minimum absolute atomic E-state index is 0.428. The van der Waals surface area contributed by atoms with Gasteiger partial charge in [0, 0.05) is 12.2 Å². The van der Waals surface area contributed by atoms with Crippen LogP contribution in [-0.2, 0) is 0 Å². The molecule has 1 aromatic rings. The highest BCUT2D eigenvalue weighted by Crippen LogP contribution is 2.25. The molecule has 90 valence electrons. The van der Waals surface area contributed by atoms with Crippen molar-refractivity contribution in [3.8, 4) is 0 Å². The maximum atomic E-state index is 4.64. The van der Waals surface area contributed by atoms with Gasteiger partial charge in [-0.15, -0.1) is 0 Å². The Kier molecular flexibility index (Phi) is 3.61. The first-order valence-electron chi connectivity index (χ1n) is 6.14. The zero-order valence-corrected chi connectivity index (χ0v) is 10.5. The number of H-pyrrole nitrogens is 1. The fraction of sp³-hybridized carbons (Fsp3) is 0.750. The Morgan fingerprint density at radius 3 is 2.56 bits per heavy atom. The predicted octanol–water partition coefficient (Wildman–Crippen LogP) is 1.38. The van der Waals surface area contributed by atoms with E-state index >= 15 is 0 Å². The van der Waals surface area contributed by atoms with Gasteiger partial charge in [-0.05, 0) is 46.8 Å². The summed E-state index contributed by atoms with van der Waals surface area (Å²) in [4.78, 5) is 10.5. The van der Waals surface area contributed by atoms with Crippen molar-refractivity contribution in [2.75, 3.05) is 26.7 Å². The first-order chi connectivity index (χ1) is 7.72. The smallest absolute Gasteiger partial charge is 0.103 e. The second-order valence-electron chi connectivity index (χ2n) is 4.65. The third-order valence-corrected chi connectivity index (χ3v) is 3.34. The van der Waals surface area contributed by atoms with Gasteiger partial charge in [0.15, 0.2) is 0 Å². The standard InChI is InChI=1S/C12H22N4/c1-9-12(15-10(2)14-9)11(8-13-3)16-6-4-5-7-16/h11,13H,4-8H2,1-3H3,(H,14,15). The van der Waals surface area contributed by atoms with E-state index < -0.39 is 0 Å². The van der Waals surface area contributed by atoms with Gasteiger partial charge in [0.2, 0.25) is 0 Å². The lowest BCUT2D eigenvalue weighted by molar-refractivity contribution is 0.237. The van der Waals surface area contributed by atoms with E-state index in [1.165, 1.54) is 37.3 Å². The van der Waals surface area contributed by atoms with Gasteiger partial charge in [-0.1, -0.05) is 0 Å². The van der Waals surface area contributed by atoms with Crippen molar-refractivity contribution in [3.63, 3.8) is 0 Å². The summed E-state index contributed by atoms with van der Waals surface area (Å²) in [7, 11) is 2.01. The Hall–Kier alpha value is -0.870. The third kappa shape index (κ3) is 2.28. The summed E-state index contributed by atoms with van der Waals surface area (Å²) < 4.78 is 0. The van der Waals surface area contributed by atoms with Crippen molar-refractivity contribution < 1.29 is 0 Å². The predicted molar refractivity (Wildman–Crippen MR) is 65.5 cm³/mol. The molecule has 4 nitrogen and oxygen atoms in total. The number of aromatic amines is 1. The quantitative estimate of drug-likeness (QED) is 0.809. The third-order valence-electron chi connectivity index (χ3n) is 3.34. The Morgan fingerprint density at radius 2 is 2.06 bits per heavy atom. The van der Waals surface area contributed by atoms with Gasteiger partial charge in [0.25, 0.3) is 0 Å². The zero-order chi connectivity index (χ0) is 11.5. The summed E-state index contributed by atoms with van der Waals surface area (Å²) in [6.45, 7) is 7.53. The first kappa shape index (κ1) is 11.6. The van der Waals surface area contributed by atoms with Gasteiger partial charge in [-0.25, -0.2) is 4.98 Å². The molecule has 0 aliphatic carbocycles. The molecule has 2 N–H and O–H groups in total. The lowest BCUT2D eigenvalue weighted by atomic mass is 10.1. The van der Waals surface area contributed by atoms with Gasteiger partial charge in [0.1, 0.15) is 5.82 Å². The number of nitrogens with one attached hydrogen (secondary N) is 2. The monoisotopic (exact) mass is 222 g/mol. The molecular weight excluding hydrogens is 200 g/mol. The van der Waals surface area contributed by atoms with Crippen molar-refractivity contribution in [2.45, 2.75) is 32.7 Å². The van der Waals surface area contributed by atoms with E-state index in [9.17, 15) is 0 Å². The van der Waals surface area contributed by atoms with E-state index in [0.717, 1.165) is 12.4 Å². The number of hydrogen-bond acceptors (Lipinski definition) is 3. The normalized spacial score (nSPS) is 19.2. The van der Waals surface area contributed by atoms with Crippen LogP contribution < -0.4 is 5.32 Å². The van der Waals surface area contributed by atoms with E-state index in [-0.39, 0.29) is 0 Å². The van der Waals surface area contributed by atoms with Crippen LogP contribution in [0.4, 0.5) is 0 Å². The molecule has 1 aromatic heterocycles. The fourth-order valence-electron chi connectivity index (χ4n) is 2.60. The second kappa shape index (κ2) is 4.97. The molecule has 0 amide bonds. The van der Waals surface area contributed by atoms with Crippen molar-refractivity contribution in [3.05, 3.63) is 17.2 Å². The number of aromatic nitrogens is 2. The van der Waals surface area contributed by atoms with Crippen molar-refractivity contribution in [2.24, 2.45) is 0 Å². The van der Waals surface area contributed by atoms with Gasteiger partial charge >= 0.3 is 0 Å². The molecule has 2 heterocycles. The Morgan fingerprint density at radius 1 is 1.38 bits per heavy atom. The van der Waals surface area contributed by atoms with Crippen LogP contribution >= 0.6 is 0 Å². The minimum atomic E-state index is 0.428. The number of rotatable bonds is 4. The van der Waals surface area contributed by atoms with Crippen LogP contribution in [0.2, 0.25) is 0 Å². The van der Waals surface area contributed by atoms with E-state index in [1.807, 2.05) is 14.0 Å². The number of likely N-dealkylation sites (tertiary alicyclic amines) is 1. The molecule has 4 heteroatoms. The summed E-state index contributed by atoms with van der Waals surface area (Å²) in [5.74, 6) is 1.02. The Balaban J connectivity index is 2.20. The van der Waals surface area contributed by atoms with Crippen LogP contribution in [0.5, 0.6) is 0 Å². The van der Waals surface area contributed by atoms with E-state index in [1.54, 1.807) is 0 Å². The topological polar surface area (TPSA) is 44.0 Å². The lowest BCUT2D eigenvalue weighted by Crippen LogP contribution is -2.33. The highest BCUT2D eigenvalue weighted by molar-refractivity contribution is 5.17. The molecule has 1 fully saturated rings. The van der Waals surface area contributed by atoms with Crippen LogP contribution in [-0.4, -0.2) is 41.5 Å². The number of hydrogen-bond donors (Lipinski definition) is 2. The number of nitrogens with zero attached hydrogens (tertiary/aromatic N) is 2. The van der Waals surface area contributed by atoms with E-state index in [0.29, 0.717) is 6.04 Å². The average Bonchev–Trinajstić information content (AvgIpc) is 2.85. The van der Waals surface area contributed by atoms with E-state index in [2.05, 4.69) is 27.1 Å². The summed E-state index contributed by atoms with van der Waals surface area (Å²) in [6.07, 6.45) is 2.64. The maximum Gasteiger partial charge on any atom is 0.103 e. The van der Waals surface area contributed by atoms with Gasteiger partial charge in [-0.2, -0.15) is 0 Å². The van der Waals surface area contributed by atoms with Crippen LogP contribution in [0.25, 0.3) is 0 Å². The zero-order valence-electron chi connectivity index (χ0n) is 10.5. The van der Waals surface area contributed by atoms with Gasteiger partial charge in [-0.3, -0.25) is 4.90 Å². The van der Waals surface area contributed by atoms with Crippen LogP contribution in [0.3, 0.4) is 0 Å². The highest BCUT2D eigenvalue weighted by atomic mass is 15.2. The average molecular weight is 222 g/mol. The van der Waals surface area contributed by atoms with Crippen LogP contribution in [0.15, 0.2) is 0 Å². The van der Waals surface area contributed by atoms with Crippen LogP contribution in [0.1, 0.15) is 36.1 Å². The molecule has 2 rings (SSSR count). The summed E-state index contributed by atoms with van der Waals surface area (Å²) in [6, 6.07) is 0.428. The van der Waals surface area contributed by atoms with Gasteiger partial charge in [0.05, 0.1) is 11.7 Å². The minimum Gasteiger partial charge on any atom is -0.346 e. The van der Waals surface area contributed by atoms with Crippen LogP contribution in [0, 0.1) is 13.8 Å². The molecule has 0 spiro atoms. The Labute approximate surface area is 97.4 Å². The molecule has 0 aromatic carbocycles. The van der Waals surface area contributed by atoms with Crippen molar-refractivity contribution >= 4 is 0 Å². The molecule has 1 aliphatic rings. The number of imidazole rings is 1.